The second-order valence-electron chi connectivity index (χ2n) is 1.98. The smallest absolute Gasteiger partial charge is 0.131 e. The number of hydrogen-bond donors (Lipinski definition) is 0. The van der Waals surface area contributed by atoms with E-state index in [0.29, 0.717) is 4.47 Å². The summed E-state index contributed by atoms with van der Waals surface area (Å²) in [4.78, 5) is 0. The van der Waals surface area contributed by atoms with Gasteiger partial charge >= 0.3 is 0 Å². The molecule has 1 aromatic carbocycles. The van der Waals surface area contributed by atoms with Crippen molar-refractivity contribution in [2.45, 2.75) is 5.88 Å². The third-order valence-corrected chi connectivity index (χ3v) is 1.96. The van der Waals surface area contributed by atoms with Gasteiger partial charge in [-0.25, -0.2) is 8.78 Å². The van der Waals surface area contributed by atoms with Gasteiger partial charge < -0.3 is 0 Å². The molecule has 0 fully saturated rings. The van der Waals surface area contributed by atoms with Gasteiger partial charge in [0.15, 0.2) is 0 Å². The predicted molar refractivity (Wildman–Crippen MR) is 43.6 cm³/mol. The lowest BCUT2D eigenvalue weighted by molar-refractivity contribution is 0.564. The number of halogens is 4. The highest BCUT2D eigenvalue weighted by Crippen LogP contribution is 2.20. The van der Waals surface area contributed by atoms with E-state index in [0.717, 1.165) is 0 Å². The number of benzene rings is 1. The van der Waals surface area contributed by atoms with E-state index in [-0.39, 0.29) is 11.4 Å². The largest absolute Gasteiger partial charge is 0.207 e. The first-order valence-corrected chi connectivity index (χ1v) is 4.17. The highest BCUT2D eigenvalue weighted by Gasteiger charge is 2.08. The van der Waals surface area contributed by atoms with Crippen molar-refractivity contribution in [1.29, 1.82) is 0 Å². The number of alkyl halides is 1. The average molecular weight is 241 g/mol. The Morgan fingerprint density at radius 2 is 1.73 bits per heavy atom. The molecular weight excluding hydrogens is 237 g/mol. The Bertz CT molecular complexity index is 252. The SMILES string of the molecule is Fc1cc(Br)cc(F)c1CCl. The van der Waals surface area contributed by atoms with Crippen LogP contribution in [0.4, 0.5) is 8.78 Å². The van der Waals surface area contributed by atoms with E-state index in [1.165, 1.54) is 12.1 Å². The lowest BCUT2D eigenvalue weighted by atomic mass is 10.2. The third-order valence-electron chi connectivity index (χ3n) is 1.24. The highest BCUT2D eigenvalue weighted by molar-refractivity contribution is 9.10. The fraction of sp³-hybridized carbons (Fsp3) is 0.143. The third kappa shape index (κ3) is 1.91. The van der Waals surface area contributed by atoms with Gasteiger partial charge in [-0.3, -0.25) is 0 Å². The minimum absolute atomic E-state index is 0.0881. The summed E-state index contributed by atoms with van der Waals surface area (Å²) in [6, 6.07) is 2.36. The van der Waals surface area contributed by atoms with E-state index in [2.05, 4.69) is 15.9 Å². The minimum Gasteiger partial charge on any atom is -0.207 e. The van der Waals surface area contributed by atoms with Gasteiger partial charge in [0.05, 0.1) is 5.88 Å². The molecule has 0 amide bonds. The molecule has 0 aliphatic heterocycles. The molecule has 1 rings (SSSR count). The van der Waals surface area contributed by atoms with E-state index >= 15 is 0 Å². The van der Waals surface area contributed by atoms with Crippen molar-refractivity contribution < 1.29 is 8.78 Å². The summed E-state index contributed by atoms with van der Waals surface area (Å²) in [7, 11) is 0. The highest BCUT2D eigenvalue weighted by atomic mass is 79.9. The van der Waals surface area contributed by atoms with E-state index < -0.39 is 11.6 Å². The molecule has 0 saturated heterocycles. The summed E-state index contributed by atoms with van der Waals surface area (Å²) in [6.07, 6.45) is 0. The average Bonchev–Trinajstić information content (AvgIpc) is 1.85. The molecule has 0 heterocycles. The van der Waals surface area contributed by atoms with Crippen molar-refractivity contribution in [3.8, 4) is 0 Å². The van der Waals surface area contributed by atoms with Gasteiger partial charge in [0.2, 0.25) is 0 Å². The molecule has 0 saturated carbocycles. The predicted octanol–water partition coefficient (Wildman–Crippen LogP) is 3.47. The summed E-state index contributed by atoms with van der Waals surface area (Å²) < 4.78 is 25.9. The van der Waals surface area contributed by atoms with Crippen LogP contribution in [-0.4, -0.2) is 0 Å². The first-order chi connectivity index (χ1) is 5.15. The van der Waals surface area contributed by atoms with Crippen LogP contribution in [-0.2, 0) is 5.88 Å². The van der Waals surface area contributed by atoms with E-state index in [1.807, 2.05) is 0 Å². The molecule has 0 unspecified atom stereocenters. The molecule has 1 aromatic rings. The van der Waals surface area contributed by atoms with Crippen molar-refractivity contribution in [2.75, 3.05) is 0 Å². The molecule has 0 atom stereocenters. The van der Waals surface area contributed by atoms with E-state index in [1.54, 1.807) is 0 Å². The zero-order valence-corrected chi connectivity index (χ0v) is 7.72. The van der Waals surface area contributed by atoms with Gasteiger partial charge in [-0.1, -0.05) is 15.9 Å². The molecule has 0 aliphatic carbocycles. The summed E-state index contributed by atoms with van der Waals surface area (Å²) in [5.74, 6) is -1.39. The zero-order valence-electron chi connectivity index (χ0n) is 5.37. The molecular formula is C7H4BrClF2. The van der Waals surface area contributed by atoms with Crippen molar-refractivity contribution in [1.82, 2.24) is 0 Å². The van der Waals surface area contributed by atoms with Crippen molar-refractivity contribution >= 4 is 27.5 Å². The molecule has 11 heavy (non-hydrogen) atoms. The van der Waals surface area contributed by atoms with Gasteiger partial charge in [-0.2, -0.15) is 0 Å². The van der Waals surface area contributed by atoms with E-state index in [9.17, 15) is 8.78 Å². The number of rotatable bonds is 1. The summed E-state index contributed by atoms with van der Waals surface area (Å²) in [5.41, 5.74) is -0.0881. The van der Waals surface area contributed by atoms with Gasteiger partial charge in [0.1, 0.15) is 11.6 Å². The second-order valence-corrected chi connectivity index (χ2v) is 3.16. The fourth-order valence-corrected chi connectivity index (χ4v) is 1.36. The van der Waals surface area contributed by atoms with Crippen LogP contribution in [0.5, 0.6) is 0 Å². The Balaban J connectivity index is 3.25. The molecule has 60 valence electrons. The van der Waals surface area contributed by atoms with Crippen LogP contribution >= 0.6 is 27.5 Å². The molecule has 0 nitrogen and oxygen atoms in total. The van der Waals surface area contributed by atoms with Crippen LogP contribution in [0.25, 0.3) is 0 Å². The molecule has 0 radical (unpaired) electrons. The molecule has 0 N–H and O–H groups in total. The van der Waals surface area contributed by atoms with Crippen LogP contribution < -0.4 is 0 Å². The number of hydrogen-bond acceptors (Lipinski definition) is 0. The maximum atomic E-state index is 12.8. The minimum atomic E-state index is -0.619. The van der Waals surface area contributed by atoms with Gasteiger partial charge in [0.25, 0.3) is 0 Å². The normalized spacial score (nSPS) is 10.2. The summed E-state index contributed by atoms with van der Waals surface area (Å²) in [6.45, 7) is 0. The Hall–Kier alpha value is -0.150. The van der Waals surface area contributed by atoms with Crippen LogP contribution in [0.15, 0.2) is 16.6 Å². The Labute approximate surface area is 76.3 Å². The maximum absolute atomic E-state index is 12.8. The monoisotopic (exact) mass is 240 g/mol. The summed E-state index contributed by atoms with van der Waals surface area (Å²) in [5, 5.41) is 0. The van der Waals surface area contributed by atoms with Crippen molar-refractivity contribution in [2.24, 2.45) is 0 Å². The Kier molecular flexibility index (Phi) is 2.84. The maximum Gasteiger partial charge on any atom is 0.131 e. The molecule has 0 bridgehead atoms. The first kappa shape index (κ1) is 8.94. The Morgan fingerprint density at radius 1 is 1.27 bits per heavy atom. The van der Waals surface area contributed by atoms with Crippen LogP contribution in [0.1, 0.15) is 5.56 Å². The van der Waals surface area contributed by atoms with Crippen LogP contribution in [0, 0.1) is 11.6 Å². The molecule has 0 aliphatic rings. The molecule has 4 heteroatoms. The second kappa shape index (κ2) is 3.50. The summed E-state index contributed by atoms with van der Waals surface area (Å²) >= 11 is 8.25. The van der Waals surface area contributed by atoms with Crippen LogP contribution in [0.3, 0.4) is 0 Å². The molecule has 0 spiro atoms. The van der Waals surface area contributed by atoms with Crippen LogP contribution in [0.2, 0.25) is 0 Å². The molecule has 0 aromatic heterocycles. The van der Waals surface area contributed by atoms with E-state index in [4.69, 9.17) is 11.6 Å². The Morgan fingerprint density at radius 3 is 2.09 bits per heavy atom. The van der Waals surface area contributed by atoms with Crippen molar-refractivity contribution in [3.05, 3.63) is 33.8 Å². The topological polar surface area (TPSA) is 0 Å². The zero-order chi connectivity index (χ0) is 8.43. The first-order valence-electron chi connectivity index (χ1n) is 2.84. The lowest BCUT2D eigenvalue weighted by Crippen LogP contribution is -1.91. The van der Waals surface area contributed by atoms with Crippen molar-refractivity contribution in [3.63, 3.8) is 0 Å². The quantitative estimate of drug-likeness (QED) is 0.661. The standard InChI is InChI=1S/C7H4BrClF2/c8-4-1-6(10)5(3-9)7(11)2-4/h1-2H,3H2. The lowest BCUT2D eigenvalue weighted by Gasteiger charge is -2.00. The van der Waals surface area contributed by atoms with Gasteiger partial charge in [0, 0.05) is 10.0 Å². The fourth-order valence-electron chi connectivity index (χ4n) is 0.700. The van der Waals surface area contributed by atoms with Gasteiger partial charge in [-0.05, 0) is 12.1 Å². The van der Waals surface area contributed by atoms with Gasteiger partial charge in [-0.15, -0.1) is 11.6 Å².